The third kappa shape index (κ3) is 1.88. The molecular weight excluding hydrogens is 210 g/mol. The molecule has 2 heteroatoms. The van der Waals surface area contributed by atoms with Gasteiger partial charge >= 0.3 is 0 Å². The lowest BCUT2D eigenvalue weighted by Gasteiger charge is -2.20. The molecule has 0 saturated heterocycles. The van der Waals surface area contributed by atoms with Gasteiger partial charge in [-0.3, -0.25) is 4.79 Å². The van der Waals surface area contributed by atoms with E-state index in [2.05, 4.69) is 11.9 Å². The highest BCUT2D eigenvalue weighted by Crippen LogP contribution is 2.30. The normalized spacial score (nSPS) is 12.0. The van der Waals surface area contributed by atoms with Gasteiger partial charge in [0.2, 0.25) is 0 Å². The van der Waals surface area contributed by atoms with Crippen molar-refractivity contribution in [3.05, 3.63) is 35.5 Å². The molecule has 17 heavy (non-hydrogen) atoms. The van der Waals surface area contributed by atoms with Crippen LogP contribution in [0.3, 0.4) is 0 Å². The van der Waals surface area contributed by atoms with Gasteiger partial charge in [-0.2, -0.15) is 0 Å². The zero-order valence-corrected chi connectivity index (χ0v) is 10.9. The topological polar surface area (TPSA) is 32.9 Å². The lowest BCUT2D eigenvalue weighted by atomic mass is 9.81. The summed E-state index contributed by atoms with van der Waals surface area (Å²) in [4.78, 5) is 15.7. The highest BCUT2D eigenvalue weighted by atomic mass is 16.1. The van der Waals surface area contributed by atoms with Crippen LogP contribution in [-0.4, -0.2) is 10.8 Å². The van der Waals surface area contributed by atoms with Crippen molar-refractivity contribution in [1.82, 2.24) is 4.98 Å². The fraction of sp³-hybridized carbons (Fsp3) is 0.400. The molecule has 0 aliphatic heterocycles. The standard InChI is InChI=1S/C15H19NO/c1-5-15(3,4)14(17)11-9-16-12-8-6-7-10(2)13(11)12/h6-9,16H,5H2,1-4H3. The number of hydrogen-bond acceptors (Lipinski definition) is 1. The Labute approximate surface area is 102 Å². The zero-order valence-electron chi connectivity index (χ0n) is 10.9. The zero-order chi connectivity index (χ0) is 12.6. The van der Waals surface area contributed by atoms with E-state index in [1.54, 1.807) is 0 Å². The third-order valence-corrected chi connectivity index (χ3v) is 3.66. The lowest BCUT2D eigenvalue weighted by molar-refractivity contribution is 0.0835. The quantitative estimate of drug-likeness (QED) is 0.790. The fourth-order valence-electron chi connectivity index (χ4n) is 2.07. The molecule has 2 nitrogen and oxygen atoms in total. The Hall–Kier alpha value is -1.57. The molecule has 0 bridgehead atoms. The number of carbonyl (C=O) groups is 1. The largest absolute Gasteiger partial charge is 0.360 e. The summed E-state index contributed by atoms with van der Waals surface area (Å²) in [6, 6.07) is 6.07. The van der Waals surface area contributed by atoms with Gasteiger partial charge in [0.1, 0.15) is 0 Å². The Morgan fingerprint density at radius 3 is 2.71 bits per heavy atom. The lowest BCUT2D eigenvalue weighted by Crippen LogP contribution is -2.23. The highest BCUT2D eigenvalue weighted by Gasteiger charge is 2.28. The summed E-state index contributed by atoms with van der Waals surface area (Å²) in [7, 11) is 0. The number of benzene rings is 1. The van der Waals surface area contributed by atoms with Gasteiger partial charge in [0.05, 0.1) is 0 Å². The summed E-state index contributed by atoms with van der Waals surface area (Å²) in [6.07, 6.45) is 2.70. The Morgan fingerprint density at radius 1 is 1.35 bits per heavy atom. The predicted molar refractivity (Wildman–Crippen MR) is 71.4 cm³/mol. The molecule has 1 N–H and O–H groups in total. The second-order valence-electron chi connectivity index (χ2n) is 5.27. The van der Waals surface area contributed by atoms with Crippen LogP contribution in [0.2, 0.25) is 0 Å². The molecule has 0 amide bonds. The molecule has 1 aromatic heterocycles. The summed E-state index contributed by atoms with van der Waals surface area (Å²) in [5, 5.41) is 1.07. The summed E-state index contributed by atoms with van der Waals surface area (Å²) in [5.74, 6) is 0.223. The van der Waals surface area contributed by atoms with E-state index in [1.165, 1.54) is 0 Å². The number of Topliss-reactive ketones (excluding diaryl/α,β-unsaturated/α-hetero) is 1. The van der Waals surface area contributed by atoms with Crippen molar-refractivity contribution < 1.29 is 4.79 Å². The first-order valence-corrected chi connectivity index (χ1v) is 6.09. The van der Waals surface area contributed by atoms with Crippen LogP contribution >= 0.6 is 0 Å². The molecule has 0 atom stereocenters. The minimum absolute atomic E-state index is 0.223. The van der Waals surface area contributed by atoms with Gasteiger partial charge in [0, 0.05) is 28.1 Å². The molecule has 2 aromatic rings. The Kier molecular flexibility index (Phi) is 2.82. The van der Waals surface area contributed by atoms with Crippen molar-refractivity contribution in [3.8, 4) is 0 Å². The number of fused-ring (bicyclic) bond motifs is 1. The van der Waals surface area contributed by atoms with Crippen LogP contribution in [0.4, 0.5) is 0 Å². The van der Waals surface area contributed by atoms with Crippen LogP contribution in [0.25, 0.3) is 10.9 Å². The van der Waals surface area contributed by atoms with Crippen molar-refractivity contribution >= 4 is 16.7 Å². The maximum absolute atomic E-state index is 12.5. The second-order valence-corrected chi connectivity index (χ2v) is 5.27. The van der Waals surface area contributed by atoms with Crippen LogP contribution in [0.1, 0.15) is 43.1 Å². The molecule has 1 aromatic carbocycles. The molecular formula is C15H19NO. The highest BCUT2D eigenvalue weighted by molar-refractivity contribution is 6.11. The number of aromatic amines is 1. The van der Waals surface area contributed by atoms with Gasteiger partial charge in [-0.05, 0) is 25.0 Å². The average Bonchev–Trinajstić information content (AvgIpc) is 2.73. The molecule has 90 valence electrons. The van der Waals surface area contributed by atoms with Gasteiger partial charge < -0.3 is 4.98 Å². The Balaban J connectivity index is 2.61. The van der Waals surface area contributed by atoms with Gasteiger partial charge in [-0.1, -0.05) is 32.9 Å². The first kappa shape index (κ1) is 11.9. The predicted octanol–water partition coefficient (Wildman–Crippen LogP) is 4.10. The van der Waals surface area contributed by atoms with E-state index in [0.717, 1.165) is 28.5 Å². The number of aromatic nitrogens is 1. The van der Waals surface area contributed by atoms with E-state index in [1.807, 2.05) is 45.2 Å². The number of nitrogens with one attached hydrogen (secondary N) is 1. The minimum atomic E-state index is -0.294. The van der Waals surface area contributed by atoms with Crippen LogP contribution < -0.4 is 0 Å². The van der Waals surface area contributed by atoms with Gasteiger partial charge in [-0.15, -0.1) is 0 Å². The van der Waals surface area contributed by atoms with Crippen LogP contribution in [0, 0.1) is 12.3 Å². The SMILES string of the molecule is CCC(C)(C)C(=O)c1c[nH]c2cccc(C)c12. The fourth-order valence-corrected chi connectivity index (χ4v) is 2.07. The van der Waals surface area contributed by atoms with E-state index in [9.17, 15) is 4.79 Å². The summed E-state index contributed by atoms with van der Waals surface area (Å²) in [5.41, 5.74) is 2.72. The molecule has 0 radical (unpaired) electrons. The molecule has 0 unspecified atom stereocenters. The number of carbonyl (C=O) groups excluding carboxylic acids is 1. The average molecular weight is 229 g/mol. The number of H-pyrrole nitrogens is 1. The maximum Gasteiger partial charge on any atom is 0.170 e. The second kappa shape index (κ2) is 4.02. The first-order chi connectivity index (χ1) is 7.97. The molecule has 2 rings (SSSR count). The van der Waals surface area contributed by atoms with Crippen molar-refractivity contribution in [2.75, 3.05) is 0 Å². The smallest absolute Gasteiger partial charge is 0.170 e. The summed E-state index contributed by atoms with van der Waals surface area (Å²) in [6.45, 7) is 8.12. The molecule has 0 aliphatic rings. The van der Waals surface area contributed by atoms with E-state index >= 15 is 0 Å². The summed E-state index contributed by atoms with van der Waals surface area (Å²) >= 11 is 0. The minimum Gasteiger partial charge on any atom is -0.360 e. The number of hydrogen-bond donors (Lipinski definition) is 1. The summed E-state index contributed by atoms with van der Waals surface area (Å²) < 4.78 is 0. The molecule has 0 fully saturated rings. The van der Waals surface area contributed by atoms with Crippen LogP contribution in [-0.2, 0) is 0 Å². The molecule has 1 heterocycles. The van der Waals surface area contributed by atoms with Crippen LogP contribution in [0.5, 0.6) is 0 Å². The third-order valence-electron chi connectivity index (χ3n) is 3.66. The van der Waals surface area contributed by atoms with Crippen molar-refractivity contribution in [2.45, 2.75) is 34.1 Å². The van der Waals surface area contributed by atoms with Crippen molar-refractivity contribution in [2.24, 2.45) is 5.41 Å². The first-order valence-electron chi connectivity index (χ1n) is 6.09. The van der Waals surface area contributed by atoms with Gasteiger partial charge in [0.15, 0.2) is 5.78 Å². The van der Waals surface area contributed by atoms with E-state index < -0.39 is 0 Å². The monoisotopic (exact) mass is 229 g/mol. The van der Waals surface area contributed by atoms with Gasteiger partial charge in [-0.25, -0.2) is 0 Å². The van der Waals surface area contributed by atoms with Crippen LogP contribution in [0.15, 0.2) is 24.4 Å². The number of aryl methyl sites for hydroxylation is 1. The van der Waals surface area contributed by atoms with Crippen molar-refractivity contribution in [1.29, 1.82) is 0 Å². The Bertz CT molecular complexity index is 563. The molecule has 0 saturated carbocycles. The molecule has 0 aliphatic carbocycles. The van der Waals surface area contributed by atoms with Crippen molar-refractivity contribution in [3.63, 3.8) is 0 Å². The van der Waals surface area contributed by atoms with E-state index in [0.29, 0.717) is 0 Å². The van der Waals surface area contributed by atoms with Gasteiger partial charge in [0.25, 0.3) is 0 Å². The number of ketones is 1. The molecule has 0 spiro atoms. The number of rotatable bonds is 3. The Morgan fingerprint density at radius 2 is 2.06 bits per heavy atom. The maximum atomic E-state index is 12.5. The van der Waals surface area contributed by atoms with E-state index in [-0.39, 0.29) is 11.2 Å². The van der Waals surface area contributed by atoms with E-state index in [4.69, 9.17) is 0 Å².